The van der Waals surface area contributed by atoms with Gasteiger partial charge in [-0.05, 0) is 59.7 Å². The molecule has 0 spiro atoms. The van der Waals surface area contributed by atoms with Crippen molar-refractivity contribution in [1.29, 1.82) is 0 Å². The standard InChI is InChI=1S/C24H24Cl2N2O3S2/c1-2-12-27(33(30,31)18-6-4-3-5-7-18)16-23(29)28-13-10-22-20(11-14-32-22)24(28)19-9-8-17(25)15-21(19)26/h3-9,11,14-15,24H,2,10,12-13,16H2,1H3. The Labute approximate surface area is 208 Å². The van der Waals surface area contributed by atoms with Crippen molar-refractivity contribution in [3.8, 4) is 0 Å². The van der Waals surface area contributed by atoms with Crippen LogP contribution < -0.4 is 0 Å². The lowest BCUT2D eigenvalue weighted by molar-refractivity contribution is -0.133. The molecular weight excluding hydrogens is 499 g/mol. The zero-order valence-corrected chi connectivity index (χ0v) is 21.2. The first-order valence-corrected chi connectivity index (χ1v) is 13.8. The van der Waals surface area contributed by atoms with E-state index in [1.165, 1.54) is 9.18 Å². The highest BCUT2D eigenvalue weighted by Crippen LogP contribution is 2.41. The van der Waals surface area contributed by atoms with E-state index >= 15 is 0 Å². The Hall–Kier alpha value is -1.90. The van der Waals surface area contributed by atoms with Crippen molar-refractivity contribution in [2.75, 3.05) is 19.6 Å². The first kappa shape index (κ1) is 24.2. The second-order valence-corrected chi connectivity index (χ2v) is 11.6. The number of amides is 1. The van der Waals surface area contributed by atoms with E-state index in [1.54, 1.807) is 58.7 Å². The maximum absolute atomic E-state index is 13.6. The highest BCUT2D eigenvalue weighted by Gasteiger charge is 2.36. The van der Waals surface area contributed by atoms with Gasteiger partial charge in [0.1, 0.15) is 0 Å². The van der Waals surface area contributed by atoms with Gasteiger partial charge in [-0.1, -0.05) is 54.4 Å². The molecule has 33 heavy (non-hydrogen) atoms. The SMILES string of the molecule is CCCN(CC(=O)N1CCc2sccc2C1c1ccc(Cl)cc1Cl)S(=O)(=O)c1ccccc1. The molecule has 1 aromatic heterocycles. The van der Waals surface area contributed by atoms with Crippen molar-refractivity contribution in [1.82, 2.24) is 9.21 Å². The molecule has 4 rings (SSSR count). The summed E-state index contributed by atoms with van der Waals surface area (Å²) in [6.45, 7) is 2.41. The Kier molecular flexibility index (Phi) is 7.46. The summed E-state index contributed by atoms with van der Waals surface area (Å²) in [4.78, 5) is 16.7. The van der Waals surface area contributed by atoms with Crippen LogP contribution in [-0.4, -0.2) is 43.2 Å². The van der Waals surface area contributed by atoms with Crippen molar-refractivity contribution in [3.63, 3.8) is 0 Å². The topological polar surface area (TPSA) is 57.7 Å². The lowest BCUT2D eigenvalue weighted by Crippen LogP contribution is -2.47. The van der Waals surface area contributed by atoms with Crippen LogP contribution in [0.2, 0.25) is 10.0 Å². The molecule has 2 aromatic carbocycles. The number of hydrogen-bond donors (Lipinski definition) is 0. The second-order valence-electron chi connectivity index (χ2n) is 7.86. The highest BCUT2D eigenvalue weighted by atomic mass is 35.5. The quantitative estimate of drug-likeness (QED) is 0.404. The normalized spacial score (nSPS) is 16.1. The van der Waals surface area contributed by atoms with Crippen LogP contribution in [-0.2, 0) is 21.2 Å². The molecule has 1 amide bonds. The van der Waals surface area contributed by atoms with Gasteiger partial charge in [0.2, 0.25) is 15.9 Å². The zero-order chi connectivity index (χ0) is 23.6. The number of thiophene rings is 1. The van der Waals surface area contributed by atoms with E-state index in [0.717, 1.165) is 17.5 Å². The predicted molar refractivity (Wildman–Crippen MR) is 134 cm³/mol. The molecule has 0 N–H and O–H groups in total. The number of benzene rings is 2. The van der Waals surface area contributed by atoms with Crippen LogP contribution in [0.1, 0.15) is 35.4 Å². The minimum atomic E-state index is -3.80. The number of carbonyl (C=O) groups is 1. The summed E-state index contributed by atoms with van der Waals surface area (Å²) in [5, 5.41) is 3.01. The minimum absolute atomic E-state index is 0.183. The van der Waals surface area contributed by atoms with E-state index in [9.17, 15) is 13.2 Å². The maximum Gasteiger partial charge on any atom is 0.243 e. The molecule has 1 aliphatic rings. The third kappa shape index (κ3) is 4.98. The fourth-order valence-electron chi connectivity index (χ4n) is 4.16. The molecule has 1 atom stereocenters. The van der Waals surface area contributed by atoms with E-state index in [0.29, 0.717) is 23.0 Å². The fraction of sp³-hybridized carbons (Fsp3) is 0.292. The zero-order valence-electron chi connectivity index (χ0n) is 18.1. The molecule has 174 valence electrons. The number of nitrogens with zero attached hydrogens (tertiary/aromatic N) is 2. The van der Waals surface area contributed by atoms with Crippen LogP contribution in [0.15, 0.2) is 64.9 Å². The van der Waals surface area contributed by atoms with Crippen molar-refractivity contribution >= 4 is 50.5 Å². The molecule has 0 saturated heterocycles. The van der Waals surface area contributed by atoms with Gasteiger partial charge >= 0.3 is 0 Å². The van der Waals surface area contributed by atoms with Crippen LogP contribution in [0, 0.1) is 0 Å². The number of halogens is 2. The molecule has 2 heterocycles. The van der Waals surface area contributed by atoms with Gasteiger partial charge in [-0.15, -0.1) is 11.3 Å². The number of sulfonamides is 1. The first-order chi connectivity index (χ1) is 15.8. The molecule has 1 aliphatic heterocycles. The summed E-state index contributed by atoms with van der Waals surface area (Å²) < 4.78 is 27.8. The van der Waals surface area contributed by atoms with Crippen LogP contribution in [0.25, 0.3) is 0 Å². The Morgan fingerprint density at radius 1 is 1.12 bits per heavy atom. The van der Waals surface area contributed by atoms with E-state index in [2.05, 4.69) is 0 Å². The largest absolute Gasteiger partial charge is 0.330 e. The Morgan fingerprint density at radius 2 is 1.88 bits per heavy atom. The minimum Gasteiger partial charge on any atom is -0.330 e. The van der Waals surface area contributed by atoms with Crippen molar-refractivity contribution in [2.45, 2.75) is 30.7 Å². The van der Waals surface area contributed by atoms with E-state index in [1.807, 2.05) is 24.4 Å². The molecule has 0 bridgehead atoms. The molecule has 0 saturated carbocycles. The highest BCUT2D eigenvalue weighted by molar-refractivity contribution is 7.89. The summed E-state index contributed by atoms with van der Waals surface area (Å²) >= 11 is 14.3. The summed E-state index contributed by atoms with van der Waals surface area (Å²) in [6, 6.07) is 15.1. The molecule has 1 unspecified atom stereocenters. The Balaban J connectivity index is 1.68. The third-order valence-corrected chi connectivity index (χ3v) is 9.13. The monoisotopic (exact) mass is 522 g/mol. The average molecular weight is 524 g/mol. The first-order valence-electron chi connectivity index (χ1n) is 10.7. The van der Waals surface area contributed by atoms with Crippen LogP contribution in [0.3, 0.4) is 0 Å². The molecular formula is C24H24Cl2N2O3S2. The van der Waals surface area contributed by atoms with Crippen LogP contribution >= 0.6 is 34.5 Å². The van der Waals surface area contributed by atoms with Crippen molar-refractivity contribution in [2.24, 2.45) is 0 Å². The van der Waals surface area contributed by atoms with Gasteiger partial charge in [-0.2, -0.15) is 4.31 Å². The van der Waals surface area contributed by atoms with Crippen molar-refractivity contribution < 1.29 is 13.2 Å². The van der Waals surface area contributed by atoms with Gasteiger partial charge in [-0.3, -0.25) is 4.79 Å². The molecule has 3 aromatic rings. The number of fused-ring (bicyclic) bond motifs is 1. The number of carbonyl (C=O) groups excluding carboxylic acids is 1. The summed E-state index contributed by atoms with van der Waals surface area (Å²) in [5.74, 6) is -0.254. The molecule has 5 nitrogen and oxygen atoms in total. The van der Waals surface area contributed by atoms with Crippen LogP contribution in [0.4, 0.5) is 0 Å². The average Bonchev–Trinajstić information content (AvgIpc) is 3.28. The van der Waals surface area contributed by atoms with E-state index in [4.69, 9.17) is 23.2 Å². The Morgan fingerprint density at radius 3 is 2.58 bits per heavy atom. The van der Waals surface area contributed by atoms with Gasteiger partial charge in [0.05, 0.1) is 17.5 Å². The molecule has 0 radical (unpaired) electrons. The van der Waals surface area contributed by atoms with Gasteiger partial charge in [0.15, 0.2) is 0 Å². The van der Waals surface area contributed by atoms with Gasteiger partial charge in [-0.25, -0.2) is 8.42 Å². The summed E-state index contributed by atoms with van der Waals surface area (Å²) in [5.41, 5.74) is 1.80. The van der Waals surface area contributed by atoms with Gasteiger partial charge < -0.3 is 4.90 Å². The maximum atomic E-state index is 13.6. The molecule has 9 heteroatoms. The lowest BCUT2D eigenvalue weighted by Gasteiger charge is -2.37. The summed E-state index contributed by atoms with van der Waals surface area (Å²) in [6.07, 6.45) is 1.32. The molecule has 0 aliphatic carbocycles. The second kappa shape index (κ2) is 10.2. The van der Waals surface area contributed by atoms with E-state index in [-0.39, 0.29) is 29.9 Å². The van der Waals surface area contributed by atoms with E-state index < -0.39 is 10.0 Å². The van der Waals surface area contributed by atoms with Gasteiger partial charge in [0.25, 0.3) is 0 Å². The summed E-state index contributed by atoms with van der Waals surface area (Å²) in [7, 11) is -3.80. The Bertz CT molecular complexity index is 1250. The molecule has 0 fully saturated rings. The lowest BCUT2D eigenvalue weighted by atomic mass is 9.93. The third-order valence-electron chi connectivity index (χ3n) is 5.71. The van der Waals surface area contributed by atoms with Gasteiger partial charge in [0, 0.05) is 28.0 Å². The smallest absolute Gasteiger partial charge is 0.243 e. The number of hydrogen-bond acceptors (Lipinski definition) is 4. The van der Waals surface area contributed by atoms with Crippen molar-refractivity contribution in [3.05, 3.63) is 86.0 Å². The predicted octanol–water partition coefficient (Wildman–Crippen LogP) is 5.63. The van der Waals surface area contributed by atoms with Crippen LogP contribution in [0.5, 0.6) is 0 Å². The fourth-order valence-corrected chi connectivity index (χ4v) is 7.08. The number of rotatable bonds is 7.